The van der Waals surface area contributed by atoms with E-state index in [1.54, 1.807) is 5.56 Å². The number of benzene rings is 1. The van der Waals surface area contributed by atoms with Crippen molar-refractivity contribution in [3.05, 3.63) is 28.8 Å². The van der Waals surface area contributed by atoms with E-state index in [1.807, 2.05) is 0 Å². The maximum Gasteiger partial charge on any atom is 0.0381 e. The van der Waals surface area contributed by atoms with Crippen LogP contribution >= 0.6 is 0 Å². The van der Waals surface area contributed by atoms with E-state index in [9.17, 15) is 0 Å². The van der Waals surface area contributed by atoms with Crippen LogP contribution in [-0.4, -0.2) is 6.04 Å². The zero-order chi connectivity index (χ0) is 11.8. The predicted molar refractivity (Wildman–Crippen MR) is 73.6 cm³/mol. The van der Waals surface area contributed by atoms with Gasteiger partial charge < -0.3 is 5.32 Å². The Morgan fingerprint density at radius 2 is 1.82 bits per heavy atom. The second-order valence-corrected chi connectivity index (χ2v) is 5.96. The monoisotopic (exact) mass is 229 g/mol. The lowest BCUT2D eigenvalue weighted by Crippen LogP contribution is -2.28. The fourth-order valence-corrected chi connectivity index (χ4v) is 3.69. The van der Waals surface area contributed by atoms with Crippen LogP contribution in [0.5, 0.6) is 0 Å². The molecule has 1 atom stereocenters. The Labute approximate surface area is 105 Å². The maximum atomic E-state index is 3.79. The van der Waals surface area contributed by atoms with Crippen molar-refractivity contribution in [2.45, 2.75) is 58.4 Å². The number of aryl methyl sites for hydroxylation is 2. The topological polar surface area (TPSA) is 12.0 Å². The van der Waals surface area contributed by atoms with Gasteiger partial charge in [-0.05, 0) is 61.8 Å². The third-order valence-electron chi connectivity index (χ3n) is 4.60. The van der Waals surface area contributed by atoms with E-state index in [0.717, 1.165) is 5.92 Å². The zero-order valence-corrected chi connectivity index (χ0v) is 11.1. The lowest BCUT2D eigenvalue weighted by atomic mass is 9.82. The highest BCUT2D eigenvalue weighted by atomic mass is 15.0. The zero-order valence-electron chi connectivity index (χ0n) is 11.1. The second-order valence-electron chi connectivity index (χ2n) is 5.96. The van der Waals surface area contributed by atoms with Crippen LogP contribution in [0.25, 0.3) is 0 Å². The summed E-state index contributed by atoms with van der Waals surface area (Å²) < 4.78 is 0. The summed E-state index contributed by atoms with van der Waals surface area (Å²) in [7, 11) is 0. The molecule has 0 bridgehead atoms. The van der Waals surface area contributed by atoms with Crippen LogP contribution in [0.1, 0.15) is 48.8 Å². The van der Waals surface area contributed by atoms with E-state index < -0.39 is 0 Å². The van der Waals surface area contributed by atoms with Crippen LogP contribution in [0.3, 0.4) is 0 Å². The Hall–Kier alpha value is -0.980. The van der Waals surface area contributed by atoms with Gasteiger partial charge in [0.2, 0.25) is 0 Å². The number of hydrogen-bond donors (Lipinski definition) is 1. The van der Waals surface area contributed by atoms with Gasteiger partial charge in [0, 0.05) is 11.7 Å². The molecule has 0 radical (unpaired) electrons. The van der Waals surface area contributed by atoms with Gasteiger partial charge in [0.15, 0.2) is 0 Å². The molecule has 0 amide bonds. The smallest absolute Gasteiger partial charge is 0.0381 e. The molecule has 1 N–H and O–H groups in total. The first-order chi connectivity index (χ1) is 8.24. The Balaban J connectivity index is 1.80. The predicted octanol–water partition coefficient (Wildman–Crippen LogP) is 4.22. The highest BCUT2D eigenvalue weighted by Gasteiger charge is 2.29. The van der Waals surface area contributed by atoms with Gasteiger partial charge in [-0.1, -0.05) is 25.3 Å². The van der Waals surface area contributed by atoms with Crippen molar-refractivity contribution in [3.63, 3.8) is 0 Å². The minimum Gasteiger partial charge on any atom is -0.381 e. The minimum absolute atomic E-state index is 0.714. The first-order valence-electron chi connectivity index (χ1n) is 7.11. The summed E-state index contributed by atoms with van der Waals surface area (Å²) in [4.78, 5) is 0. The molecule has 1 aromatic rings. The average Bonchev–Trinajstić information content (AvgIpc) is 2.74. The summed E-state index contributed by atoms with van der Waals surface area (Å²) in [6, 6.07) is 5.36. The number of hydrogen-bond acceptors (Lipinski definition) is 1. The molecule has 1 aliphatic carbocycles. The van der Waals surface area contributed by atoms with Crippen LogP contribution in [0.2, 0.25) is 0 Å². The van der Waals surface area contributed by atoms with Gasteiger partial charge in [-0.25, -0.2) is 0 Å². The number of rotatable bonds is 1. The van der Waals surface area contributed by atoms with Crippen LogP contribution in [0.4, 0.5) is 5.69 Å². The lowest BCUT2D eigenvalue weighted by molar-refractivity contribution is 0.321. The summed E-state index contributed by atoms with van der Waals surface area (Å²) in [5, 5.41) is 3.79. The molecule has 0 aromatic heterocycles. The molecule has 1 heteroatoms. The van der Waals surface area contributed by atoms with Gasteiger partial charge in [-0.15, -0.1) is 0 Å². The molecular formula is C16H23N. The highest BCUT2D eigenvalue weighted by Crippen LogP contribution is 2.37. The third-order valence-corrected chi connectivity index (χ3v) is 4.60. The Kier molecular flexibility index (Phi) is 2.85. The molecule has 92 valence electrons. The molecule has 1 unspecified atom stereocenters. The van der Waals surface area contributed by atoms with E-state index in [-0.39, 0.29) is 0 Å². The standard InChI is InChI=1S/C16H23N/c1-11-8-12(2)14-10-15(17-16(14)9-11)13-6-4-3-5-7-13/h8-9,13,15,17H,3-7,10H2,1-2H3. The van der Waals surface area contributed by atoms with Crippen LogP contribution in [-0.2, 0) is 6.42 Å². The summed E-state index contributed by atoms with van der Waals surface area (Å²) in [6.07, 6.45) is 8.46. The molecule has 2 aliphatic rings. The SMILES string of the molecule is Cc1cc(C)c2c(c1)NC(C1CCCCC1)C2. The minimum atomic E-state index is 0.714. The normalized spacial score (nSPS) is 24.5. The first kappa shape index (κ1) is 11.1. The quantitative estimate of drug-likeness (QED) is 0.760. The molecule has 1 nitrogen and oxygen atoms in total. The van der Waals surface area contributed by atoms with Crippen molar-refractivity contribution < 1.29 is 0 Å². The molecule has 17 heavy (non-hydrogen) atoms. The van der Waals surface area contributed by atoms with Gasteiger partial charge in [0.05, 0.1) is 0 Å². The molecule has 0 spiro atoms. The largest absolute Gasteiger partial charge is 0.381 e. The molecule has 1 aliphatic heterocycles. The average molecular weight is 229 g/mol. The summed E-state index contributed by atoms with van der Waals surface area (Å²) in [5.74, 6) is 0.913. The number of anilines is 1. The van der Waals surface area contributed by atoms with Crippen LogP contribution in [0.15, 0.2) is 12.1 Å². The molecule has 1 saturated carbocycles. The van der Waals surface area contributed by atoms with Crippen LogP contribution < -0.4 is 5.32 Å². The Morgan fingerprint density at radius 3 is 2.59 bits per heavy atom. The van der Waals surface area contributed by atoms with Crippen molar-refractivity contribution in [2.75, 3.05) is 5.32 Å². The summed E-state index contributed by atoms with van der Waals surface area (Å²) in [5.41, 5.74) is 5.85. The fourth-order valence-electron chi connectivity index (χ4n) is 3.69. The van der Waals surface area contributed by atoms with Crippen LogP contribution in [0, 0.1) is 19.8 Å². The first-order valence-corrected chi connectivity index (χ1v) is 7.11. The molecule has 1 fully saturated rings. The van der Waals surface area contributed by atoms with Crippen molar-refractivity contribution in [2.24, 2.45) is 5.92 Å². The maximum absolute atomic E-state index is 3.79. The van der Waals surface area contributed by atoms with Crippen molar-refractivity contribution in [1.82, 2.24) is 0 Å². The van der Waals surface area contributed by atoms with E-state index in [4.69, 9.17) is 0 Å². The molecular weight excluding hydrogens is 206 g/mol. The third kappa shape index (κ3) is 2.08. The molecule has 1 heterocycles. The van der Waals surface area contributed by atoms with E-state index in [0.29, 0.717) is 6.04 Å². The van der Waals surface area contributed by atoms with Crippen molar-refractivity contribution in [3.8, 4) is 0 Å². The molecule has 1 aromatic carbocycles. The van der Waals surface area contributed by atoms with E-state index >= 15 is 0 Å². The van der Waals surface area contributed by atoms with Crippen molar-refractivity contribution in [1.29, 1.82) is 0 Å². The van der Waals surface area contributed by atoms with E-state index in [2.05, 4.69) is 31.3 Å². The highest BCUT2D eigenvalue weighted by molar-refractivity contribution is 5.61. The molecule has 0 saturated heterocycles. The van der Waals surface area contributed by atoms with Gasteiger partial charge >= 0.3 is 0 Å². The Bertz CT molecular complexity index is 416. The number of fused-ring (bicyclic) bond motifs is 1. The van der Waals surface area contributed by atoms with Gasteiger partial charge in [0.25, 0.3) is 0 Å². The summed E-state index contributed by atoms with van der Waals surface area (Å²) in [6.45, 7) is 4.46. The van der Waals surface area contributed by atoms with Gasteiger partial charge in [-0.3, -0.25) is 0 Å². The Morgan fingerprint density at radius 1 is 1.06 bits per heavy atom. The summed E-state index contributed by atoms with van der Waals surface area (Å²) >= 11 is 0. The van der Waals surface area contributed by atoms with Gasteiger partial charge in [0.1, 0.15) is 0 Å². The fraction of sp³-hybridized carbons (Fsp3) is 0.625. The van der Waals surface area contributed by atoms with Crippen molar-refractivity contribution >= 4 is 5.69 Å². The van der Waals surface area contributed by atoms with Gasteiger partial charge in [-0.2, -0.15) is 0 Å². The second kappa shape index (κ2) is 4.36. The lowest BCUT2D eigenvalue weighted by Gasteiger charge is -2.27. The van der Waals surface area contributed by atoms with E-state index in [1.165, 1.54) is 55.3 Å². The number of nitrogens with one attached hydrogen (secondary N) is 1. The molecule has 3 rings (SSSR count).